The maximum atomic E-state index is 11.1. The highest BCUT2D eigenvalue weighted by atomic mass is 16.6. The summed E-state index contributed by atoms with van der Waals surface area (Å²) in [5, 5.41) is 16.7. The molecule has 1 amide bonds. The normalized spacial score (nSPS) is 14.4. The van der Waals surface area contributed by atoms with Crippen LogP contribution in [0.3, 0.4) is 0 Å². The van der Waals surface area contributed by atoms with E-state index in [1.54, 1.807) is 0 Å². The summed E-state index contributed by atoms with van der Waals surface area (Å²) in [4.78, 5) is 19.6. The van der Waals surface area contributed by atoms with Crippen molar-refractivity contribution >= 4 is 12.2 Å². The van der Waals surface area contributed by atoms with Crippen LogP contribution in [0.5, 0.6) is 0 Å². The van der Waals surface area contributed by atoms with Gasteiger partial charge >= 0.3 is 12.2 Å². The number of nitrogens with one attached hydrogen (secondary N) is 1. The number of rotatable bonds is 2. The average Bonchev–Trinajstić information content (AvgIpc) is 2.78. The zero-order chi connectivity index (χ0) is 12.8. The van der Waals surface area contributed by atoms with Crippen molar-refractivity contribution in [3.8, 4) is 0 Å². The highest BCUT2D eigenvalue weighted by Gasteiger charge is 2.23. The second-order valence-electron chi connectivity index (χ2n) is 4.61. The quantitative estimate of drug-likeness (QED) is 0.679. The van der Waals surface area contributed by atoms with Crippen LogP contribution in [-0.4, -0.2) is 34.6 Å². The minimum atomic E-state index is -1.83. The lowest BCUT2D eigenvalue weighted by Crippen LogP contribution is -2.33. The predicted octanol–water partition coefficient (Wildman–Crippen LogP) is 2.14. The van der Waals surface area contributed by atoms with E-state index in [0.717, 1.165) is 6.54 Å². The van der Waals surface area contributed by atoms with E-state index in [1.165, 1.54) is 12.8 Å². The van der Waals surface area contributed by atoms with Crippen LogP contribution in [0.25, 0.3) is 0 Å². The smallest absolute Gasteiger partial charge is 0.450 e. The Morgan fingerprint density at radius 3 is 2.06 bits per heavy atom. The standard InChI is InChI=1S/C9H17NO2.CH2O3/c1-9(2,3)12-8(11)10-6-7-4-5-7;2-1(3)4/h7H,4-6H2,1-3H3,(H,10,11);(H2,2,3,4). The molecular weight excluding hydrogens is 214 g/mol. The van der Waals surface area contributed by atoms with E-state index in [2.05, 4.69) is 5.32 Å². The lowest BCUT2D eigenvalue weighted by atomic mass is 10.2. The van der Waals surface area contributed by atoms with Crippen molar-refractivity contribution < 1.29 is 24.5 Å². The lowest BCUT2D eigenvalue weighted by molar-refractivity contribution is 0.0525. The first-order chi connectivity index (χ1) is 7.20. The highest BCUT2D eigenvalue weighted by molar-refractivity contribution is 5.67. The van der Waals surface area contributed by atoms with Gasteiger partial charge in [-0.2, -0.15) is 0 Å². The molecule has 0 unspecified atom stereocenters. The SMILES string of the molecule is CC(C)(C)OC(=O)NCC1CC1.O=C(O)O. The summed E-state index contributed by atoms with van der Waals surface area (Å²) in [6.45, 7) is 6.37. The Morgan fingerprint density at radius 2 is 1.75 bits per heavy atom. The second-order valence-corrected chi connectivity index (χ2v) is 4.61. The molecule has 1 rings (SSSR count). The van der Waals surface area contributed by atoms with Gasteiger partial charge in [-0.3, -0.25) is 0 Å². The number of carbonyl (C=O) groups excluding carboxylic acids is 1. The molecule has 1 aliphatic rings. The van der Waals surface area contributed by atoms with Crippen molar-refractivity contribution in [1.29, 1.82) is 0 Å². The van der Waals surface area contributed by atoms with Crippen LogP contribution in [0.1, 0.15) is 33.6 Å². The first-order valence-electron chi connectivity index (χ1n) is 5.09. The molecule has 0 spiro atoms. The number of ether oxygens (including phenoxy) is 1. The van der Waals surface area contributed by atoms with Gasteiger partial charge in [0.15, 0.2) is 0 Å². The highest BCUT2D eigenvalue weighted by Crippen LogP contribution is 2.27. The van der Waals surface area contributed by atoms with E-state index in [4.69, 9.17) is 19.7 Å². The largest absolute Gasteiger partial charge is 0.503 e. The van der Waals surface area contributed by atoms with Gasteiger partial charge in [0, 0.05) is 6.54 Å². The summed E-state index contributed by atoms with van der Waals surface area (Å²) in [6, 6.07) is 0. The molecule has 0 aliphatic heterocycles. The number of alkyl carbamates (subject to hydrolysis) is 1. The third-order valence-corrected chi connectivity index (χ3v) is 1.63. The van der Waals surface area contributed by atoms with Gasteiger partial charge < -0.3 is 20.3 Å². The van der Waals surface area contributed by atoms with E-state index in [0.29, 0.717) is 5.92 Å². The van der Waals surface area contributed by atoms with Gasteiger partial charge in [-0.1, -0.05) is 0 Å². The number of carboxylic acid groups (broad SMARTS) is 2. The maximum absolute atomic E-state index is 11.1. The Balaban J connectivity index is 0.000000487. The number of carbonyl (C=O) groups is 2. The summed E-state index contributed by atoms with van der Waals surface area (Å²) < 4.78 is 5.07. The molecular formula is C10H19NO5. The van der Waals surface area contributed by atoms with Crippen molar-refractivity contribution in [3.63, 3.8) is 0 Å². The summed E-state index contributed by atoms with van der Waals surface area (Å²) in [6.07, 6.45) is 0.361. The van der Waals surface area contributed by atoms with E-state index in [9.17, 15) is 4.79 Å². The van der Waals surface area contributed by atoms with Gasteiger partial charge in [0.2, 0.25) is 0 Å². The van der Waals surface area contributed by atoms with Gasteiger partial charge in [0.1, 0.15) is 5.60 Å². The first-order valence-corrected chi connectivity index (χ1v) is 5.09. The zero-order valence-corrected chi connectivity index (χ0v) is 9.82. The second kappa shape index (κ2) is 6.19. The van der Waals surface area contributed by atoms with Crippen LogP contribution in [-0.2, 0) is 4.74 Å². The van der Waals surface area contributed by atoms with E-state index < -0.39 is 6.16 Å². The van der Waals surface area contributed by atoms with E-state index in [-0.39, 0.29) is 11.7 Å². The third kappa shape index (κ3) is 12.5. The molecule has 3 N–H and O–H groups in total. The van der Waals surface area contributed by atoms with Gasteiger partial charge in [-0.15, -0.1) is 0 Å². The molecule has 0 saturated heterocycles. The van der Waals surface area contributed by atoms with Crippen molar-refractivity contribution in [2.45, 2.75) is 39.2 Å². The minimum absolute atomic E-state index is 0.297. The summed E-state index contributed by atoms with van der Waals surface area (Å²) >= 11 is 0. The lowest BCUT2D eigenvalue weighted by Gasteiger charge is -2.19. The molecule has 1 fully saturated rings. The van der Waals surface area contributed by atoms with Crippen LogP contribution in [0, 0.1) is 5.92 Å². The van der Waals surface area contributed by atoms with Crippen molar-refractivity contribution in [1.82, 2.24) is 5.32 Å². The molecule has 0 aromatic heterocycles. The Labute approximate surface area is 94.6 Å². The fourth-order valence-electron chi connectivity index (χ4n) is 0.864. The third-order valence-electron chi connectivity index (χ3n) is 1.63. The average molecular weight is 233 g/mol. The molecule has 1 aliphatic carbocycles. The van der Waals surface area contributed by atoms with Crippen LogP contribution >= 0.6 is 0 Å². The molecule has 0 atom stereocenters. The molecule has 1 saturated carbocycles. The van der Waals surface area contributed by atoms with Crippen molar-refractivity contribution in [2.24, 2.45) is 5.92 Å². The number of amides is 1. The number of hydrogen-bond acceptors (Lipinski definition) is 3. The molecule has 6 nitrogen and oxygen atoms in total. The fourth-order valence-corrected chi connectivity index (χ4v) is 0.864. The van der Waals surface area contributed by atoms with E-state index >= 15 is 0 Å². The summed E-state index contributed by atoms with van der Waals surface area (Å²) in [7, 11) is 0. The van der Waals surface area contributed by atoms with Crippen molar-refractivity contribution in [3.05, 3.63) is 0 Å². The minimum Gasteiger partial charge on any atom is -0.450 e. The summed E-state index contributed by atoms with van der Waals surface area (Å²) in [5.74, 6) is 0.706. The van der Waals surface area contributed by atoms with Gasteiger partial charge in [-0.05, 0) is 39.5 Å². The van der Waals surface area contributed by atoms with Gasteiger partial charge in [0.25, 0.3) is 0 Å². The first kappa shape index (κ1) is 14.5. The summed E-state index contributed by atoms with van der Waals surface area (Å²) in [5.41, 5.74) is -0.381. The Kier molecular flexibility index (Phi) is 5.63. The fraction of sp³-hybridized carbons (Fsp3) is 0.800. The van der Waals surface area contributed by atoms with Crippen LogP contribution in [0.2, 0.25) is 0 Å². The molecule has 0 aromatic rings. The molecule has 0 bridgehead atoms. The van der Waals surface area contributed by atoms with Crippen LogP contribution in [0.15, 0.2) is 0 Å². The Bertz CT molecular complexity index is 238. The topological polar surface area (TPSA) is 95.9 Å². The molecule has 94 valence electrons. The monoisotopic (exact) mass is 233 g/mol. The van der Waals surface area contributed by atoms with E-state index in [1.807, 2.05) is 20.8 Å². The molecule has 0 heterocycles. The molecule has 0 aromatic carbocycles. The van der Waals surface area contributed by atoms with Crippen LogP contribution in [0.4, 0.5) is 9.59 Å². The molecule has 16 heavy (non-hydrogen) atoms. The van der Waals surface area contributed by atoms with Gasteiger partial charge in [-0.25, -0.2) is 9.59 Å². The molecule has 6 heteroatoms. The van der Waals surface area contributed by atoms with Crippen LogP contribution < -0.4 is 5.32 Å². The number of hydrogen-bond donors (Lipinski definition) is 3. The van der Waals surface area contributed by atoms with Gasteiger partial charge in [0.05, 0.1) is 0 Å². The Morgan fingerprint density at radius 1 is 1.31 bits per heavy atom. The Hall–Kier alpha value is -1.46. The van der Waals surface area contributed by atoms with Crippen molar-refractivity contribution in [2.75, 3.05) is 6.54 Å². The zero-order valence-electron chi connectivity index (χ0n) is 9.82. The predicted molar refractivity (Wildman–Crippen MR) is 57.6 cm³/mol. The maximum Gasteiger partial charge on any atom is 0.503 e. The molecule has 0 radical (unpaired) electrons.